The second-order valence-corrected chi connectivity index (χ2v) is 8.98. The highest BCUT2D eigenvalue weighted by Gasteiger charge is 2.15. The highest BCUT2D eigenvalue weighted by Crippen LogP contribution is 2.18. The average Bonchev–Trinajstić information content (AvgIpc) is 3.13. The van der Waals surface area contributed by atoms with Crippen molar-refractivity contribution in [3.8, 4) is 0 Å². The second kappa shape index (κ2) is 10.1. The monoisotopic (exact) mass is 633 g/mol. The first-order chi connectivity index (χ1) is 13.9. The molecule has 3 N–H and O–H groups in total. The molecule has 0 atom stereocenters. The number of hydrogen-bond acceptors (Lipinski definition) is 6. The Hall–Kier alpha value is -2.13. The number of amides is 3. The summed E-state index contributed by atoms with van der Waals surface area (Å²) in [6.07, 6.45) is -0.0808. The van der Waals surface area contributed by atoms with E-state index in [9.17, 15) is 14.4 Å². The van der Waals surface area contributed by atoms with Gasteiger partial charge in [0.2, 0.25) is 11.0 Å². The molecule has 1 heterocycles. The molecular weight excluding hydrogens is 620 g/mol. The molecule has 0 aliphatic carbocycles. The normalized spacial score (nSPS) is 10.3. The Morgan fingerprint density at radius 3 is 2.03 bits per heavy atom. The molecule has 1 aromatic heterocycles. The van der Waals surface area contributed by atoms with E-state index in [0.717, 1.165) is 18.5 Å². The molecule has 0 aliphatic rings. The van der Waals surface area contributed by atoms with Crippen molar-refractivity contribution in [2.24, 2.45) is 0 Å². The third-order valence-corrected chi connectivity index (χ3v) is 6.27. The van der Waals surface area contributed by atoms with Crippen LogP contribution < -0.4 is 16.2 Å². The van der Waals surface area contributed by atoms with Crippen molar-refractivity contribution in [3.63, 3.8) is 0 Å². The lowest BCUT2D eigenvalue weighted by Gasteiger charge is -2.07. The van der Waals surface area contributed by atoms with E-state index >= 15 is 0 Å². The van der Waals surface area contributed by atoms with Crippen LogP contribution in [-0.2, 0) is 11.2 Å². The molecule has 0 saturated heterocycles. The molecule has 148 valence electrons. The van der Waals surface area contributed by atoms with Crippen LogP contribution in [-0.4, -0.2) is 27.9 Å². The summed E-state index contributed by atoms with van der Waals surface area (Å²) >= 11 is 5.21. The Kier molecular flexibility index (Phi) is 7.49. The lowest BCUT2D eigenvalue weighted by Crippen LogP contribution is -2.42. The van der Waals surface area contributed by atoms with Crippen LogP contribution in [0.2, 0.25) is 0 Å². The number of benzene rings is 2. The smallest absolute Gasteiger partial charge is 0.270 e. The molecule has 0 unspecified atom stereocenters. The second-order valence-electron chi connectivity index (χ2n) is 5.59. The van der Waals surface area contributed by atoms with Crippen molar-refractivity contribution in [1.82, 2.24) is 21.0 Å². The molecule has 0 spiro atoms. The van der Waals surface area contributed by atoms with Crippen LogP contribution in [0.5, 0.6) is 0 Å². The third kappa shape index (κ3) is 5.93. The summed E-state index contributed by atoms with van der Waals surface area (Å²) in [4.78, 5) is 36.5. The van der Waals surface area contributed by atoms with E-state index in [4.69, 9.17) is 0 Å². The van der Waals surface area contributed by atoms with Gasteiger partial charge in [-0.15, -0.1) is 10.2 Å². The number of nitrogens with zero attached hydrogens (tertiary/aromatic N) is 2. The minimum atomic E-state index is -0.448. The minimum absolute atomic E-state index is 0.0808. The van der Waals surface area contributed by atoms with Crippen molar-refractivity contribution in [2.75, 3.05) is 5.32 Å². The summed E-state index contributed by atoms with van der Waals surface area (Å²) in [6, 6.07) is 14.2. The predicted octanol–water partition coefficient (Wildman–Crippen LogP) is 3.00. The number of anilines is 1. The van der Waals surface area contributed by atoms with E-state index < -0.39 is 11.8 Å². The zero-order valence-electron chi connectivity index (χ0n) is 14.6. The maximum atomic E-state index is 12.3. The topological polar surface area (TPSA) is 113 Å². The third-order valence-electron chi connectivity index (χ3n) is 3.55. The largest absolute Gasteiger partial charge is 0.296 e. The Labute approximate surface area is 197 Å². The quantitative estimate of drug-likeness (QED) is 0.296. The number of hydrazine groups is 1. The Morgan fingerprint density at radius 2 is 1.41 bits per heavy atom. The molecule has 29 heavy (non-hydrogen) atoms. The molecule has 0 fully saturated rings. The first kappa shape index (κ1) is 21.6. The summed E-state index contributed by atoms with van der Waals surface area (Å²) in [6.45, 7) is 0. The van der Waals surface area contributed by atoms with E-state index in [1.165, 1.54) is 0 Å². The molecule has 8 nitrogen and oxygen atoms in total. The number of aromatic nitrogens is 2. The maximum Gasteiger partial charge on any atom is 0.270 e. The van der Waals surface area contributed by atoms with Crippen molar-refractivity contribution in [1.29, 1.82) is 0 Å². The molecule has 11 heteroatoms. The van der Waals surface area contributed by atoms with Gasteiger partial charge in [-0.25, -0.2) is 0 Å². The summed E-state index contributed by atoms with van der Waals surface area (Å²) in [5.74, 6) is -1.16. The van der Waals surface area contributed by atoms with E-state index in [1.54, 1.807) is 30.3 Å². The molecule has 0 radical (unpaired) electrons. The molecule has 3 rings (SSSR count). The van der Waals surface area contributed by atoms with E-state index in [1.807, 2.05) is 40.8 Å². The molecule has 0 aliphatic heterocycles. The Bertz CT molecular complexity index is 1070. The zero-order chi connectivity index (χ0) is 20.8. The van der Waals surface area contributed by atoms with Crippen molar-refractivity contribution in [2.45, 2.75) is 6.42 Å². The highest BCUT2D eigenvalue weighted by molar-refractivity contribution is 14.1. The molecule has 0 saturated carbocycles. The first-order valence-electron chi connectivity index (χ1n) is 8.16. The van der Waals surface area contributed by atoms with Crippen LogP contribution in [0.25, 0.3) is 0 Å². The van der Waals surface area contributed by atoms with Crippen LogP contribution in [0.1, 0.15) is 25.7 Å². The van der Waals surface area contributed by atoms with Gasteiger partial charge >= 0.3 is 0 Å². The minimum Gasteiger partial charge on any atom is -0.296 e. The Balaban J connectivity index is 1.52. The fraction of sp³-hybridized carbons (Fsp3) is 0.0556. The number of halogens is 2. The highest BCUT2D eigenvalue weighted by atomic mass is 127. The molecule has 0 bridgehead atoms. The van der Waals surface area contributed by atoms with Gasteiger partial charge in [0.05, 0.1) is 17.5 Å². The van der Waals surface area contributed by atoms with E-state index in [-0.39, 0.29) is 12.3 Å². The number of carbonyl (C=O) groups is 3. The van der Waals surface area contributed by atoms with Crippen molar-refractivity contribution in [3.05, 3.63) is 71.8 Å². The summed E-state index contributed by atoms with van der Waals surface area (Å²) < 4.78 is 1.59. The van der Waals surface area contributed by atoms with Crippen LogP contribution in [0.4, 0.5) is 5.13 Å². The lowest BCUT2D eigenvalue weighted by molar-refractivity contribution is -0.121. The average molecular weight is 633 g/mol. The number of rotatable bonds is 5. The van der Waals surface area contributed by atoms with Gasteiger partial charge in [0.25, 0.3) is 11.8 Å². The number of nitrogens with one attached hydrogen (secondary N) is 3. The summed E-state index contributed by atoms with van der Waals surface area (Å²) in [5.41, 5.74) is 5.71. The number of carbonyl (C=O) groups excluding carboxylic acids is 3. The van der Waals surface area contributed by atoms with E-state index in [0.29, 0.717) is 21.3 Å². The maximum absolute atomic E-state index is 12.3. The van der Waals surface area contributed by atoms with Gasteiger partial charge in [-0.05, 0) is 69.4 Å². The van der Waals surface area contributed by atoms with Crippen LogP contribution in [0, 0.1) is 7.14 Å². The van der Waals surface area contributed by atoms with Crippen LogP contribution in [0.15, 0.2) is 48.5 Å². The van der Waals surface area contributed by atoms with Gasteiger partial charge in [0, 0.05) is 7.14 Å². The molecule has 3 amide bonds. The van der Waals surface area contributed by atoms with Crippen molar-refractivity contribution < 1.29 is 14.4 Å². The van der Waals surface area contributed by atoms with Crippen LogP contribution >= 0.6 is 56.5 Å². The predicted molar refractivity (Wildman–Crippen MR) is 125 cm³/mol. The molecule has 3 aromatic rings. The number of hydrogen-bond donors (Lipinski definition) is 3. The van der Waals surface area contributed by atoms with Gasteiger partial charge in [-0.3, -0.25) is 30.6 Å². The fourth-order valence-electron chi connectivity index (χ4n) is 2.21. The molecular formula is C18H13I2N5O3S. The van der Waals surface area contributed by atoms with Crippen molar-refractivity contribution >= 4 is 79.4 Å². The Morgan fingerprint density at radius 1 is 0.828 bits per heavy atom. The van der Waals surface area contributed by atoms with E-state index in [2.05, 4.69) is 49.0 Å². The fourth-order valence-corrected chi connectivity index (χ4v) is 4.20. The van der Waals surface area contributed by atoms with Gasteiger partial charge in [0.15, 0.2) is 0 Å². The molecule has 2 aromatic carbocycles. The van der Waals surface area contributed by atoms with Crippen LogP contribution in [0.3, 0.4) is 0 Å². The van der Waals surface area contributed by atoms with Gasteiger partial charge in [0.1, 0.15) is 5.01 Å². The van der Waals surface area contributed by atoms with Gasteiger partial charge in [-0.2, -0.15) is 0 Å². The lowest BCUT2D eigenvalue weighted by atomic mass is 10.2. The standard InChI is InChI=1S/C18H13I2N5O3S/c19-12-7-3-1-5-10(12)16(27)21-18-25-23-15(29-18)9-14(26)22-24-17(28)11-6-2-4-8-13(11)20/h1-8H,9H2,(H,22,26)(H,24,28)(H,21,25,27). The summed E-state index contributed by atoms with van der Waals surface area (Å²) in [7, 11) is 0. The SMILES string of the molecule is O=C(Cc1nnc(NC(=O)c2ccccc2I)s1)NNC(=O)c1ccccc1I. The van der Waals surface area contributed by atoms with Gasteiger partial charge < -0.3 is 0 Å². The summed E-state index contributed by atoms with van der Waals surface area (Å²) in [5, 5.41) is 11.2. The first-order valence-corrected chi connectivity index (χ1v) is 11.1. The zero-order valence-corrected chi connectivity index (χ0v) is 19.7. The van der Waals surface area contributed by atoms with Gasteiger partial charge in [-0.1, -0.05) is 35.6 Å².